The minimum Gasteiger partial charge on any atom is -0.481 e. The van der Waals surface area contributed by atoms with Crippen LogP contribution < -0.4 is 15.0 Å². The van der Waals surface area contributed by atoms with Crippen LogP contribution in [0.3, 0.4) is 0 Å². The zero-order valence-corrected chi connectivity index (χ0v) is 10.6. The van der Waals surface area contributed by atoms with Crippen molar-refractivity contribution in [1.29, 1.82) is 0 Å². The molecule has 0 radical (unpaired) electrons. The van der Waals surface area contributed by atoms with Gasteiger partial charge in [-0.2, -0.15) is 9.97 Å². The van der Waals surface area contributed by atoms with E-state index < -0.39 is 0 Å². The fraction of sp³-hybridized carbons (Fsp3) is 0.636. The SMILES string of the molecule is CNc1nc(OC)cc(N2CCN(C)CC2)n1. The highest BCUT2D eigenvalue weighted by Crippen LogP contribution is 2.20. The van der Waals surface area contributed by atoms with E-state index >= 15 is 0 Å². The minimum atomic E-state index is 0.596. The van der Waals surface area contributed by atoms with E-state index in [1.54, 1.807) is 7.11 Å². The molecule has 1 saturated heterocycles. The molecule has 2 heterocycles. The van der Waals surface area contributed by atoms with Gasteiger partial charge in [-0.3, -0.25) is 0 Å². The van der Waals surface area contributed by atoms with Gasteiger partial charge in [-0.1, -0.05) is 0 Å². The normalized spacial score (nSPS) is 17.0. The zero-order chi connectivity index (χ0) is 12.3. The molecule has 0 bridgehead atoms. The lowest BCUT2D eigenvalue weighted by Gasteiger charge is -2.33. The van der Waals surface area contributed by atoms with Gasteiger partial charge in [-0.05, 0) is 7.05 Å². The van der Waals surface area contributed by atoms with Gasteiger partial charge in [0.2, 0.25) is 11.8 Å². The van der Waals surface area contributed by atoms with Gasteiger partial charge in [0, 0.05) is 39.3 Å². The monoisotopic (exact) mass is 237 g/mol. The molecule has 0 unspecified atom stereocenters. The first-order valence-corrected chi connectivity index (χ1v) is 5.77. The second-order valence-electron chi connectivity index (χ2n) is 4.13. The van der Waals surface area contributed by atoms with Gasteiger partial charge in [0.25, 0.3) is 0 Å². The van der Waals surface area contributed by atoms with E-state index in [2.05, 4.69) is 32.1 Å². The Kier molecular flexibility index (Phi) is 3.63. The van der Waals surface area contributed by atoms with Crippen LogP contribution in [0.1, 0.15) is 0 Å². The fourth-order valence-electron chi connectivity index (χ4n) is 1.83. The Bertz CT molecular complexity index is 354. The first-order chi connectivity index (χ1) is 8.22. The molecule has 6 nitrogen and oxygen atoms in total. The fourth-order valence-corrected chi connectivity index (χ4v) is 1.83. The Morgan fingerprint density at radius 3 is 2.53 bits per heavy atom. The number of aromatic nitrogens is 2. The molecule has 0 amide bonds. The lowest BCUT2D eigenvalue weighted by Crippen LogP contribution is -2.44. The maximum Gasteiger partial charge on any atom is 0.227 e. The van der Waals surface area contributed by atoms with Gasteiger partial charge >= 0.3 is 0 Å². The number of nitrogens with one attached hydrogen (secondary N) is 1. The molecule has 0 spiro atoms. The highest BCUT2D eigenvalue weighted by molar-refractivity contribution is 5.47. The minimum absolute atomic E-state index is 0.596. The number of likely N-dealkylation sites (N-methyl/N-ethyl adjacent to an activating group) is 1. The average Bonchev–Trinajstić information content (AvgIpc) is 2.39. The maximum atomic E-state index is 5.18. The summed E-state index contributed by atoms with van der Waals surface area (Å²) in [6.45, 7) is 4.09. The number of anilines is 2. The first-order valence-electron chi connectivity index (χ1n) is 5.77. The van der Waals surface area contributed by atoms with Gasteiger partial charge in [-0.15, -0.1) is 0 Å². The smallest absolute Gasteiger partial charge is 0.227 e. The number of methoxy groups -OCH3 is 1. The van der Waals surface area contributed by atoms with Crippen LogP contribution in [0, 0.1) is 0 Å². The van der Waals surface area contributed by atoms with Crippen molar-refractivity contribution >= 4 is 11.8 Å². The summed E-state index contributed by atoms with van der Waals surface area (Å²) in [5, 5.41) is 2.95. The number of nitrogens with zero attached hydrogens (tertiary/aromatic N) is 4. The van der Waals surface area contributed by atoms with E-state index in [0.717, 1.165) is 32.0 Å². The van der Waals surface area contributed by atoms with Crippen LogP contribution >= 0.6 is 0 Å². The van der Waals surface area contributed by atoms with E-state index in [4.69, 9.17) is 4.74 Å². The van der Waals surface area contributed by atoms with Crippen molar-refractivity contribution < 1.29 is 4.74 Å². The van der Waals surface area contributed by atoms with Crippen LogP contribution in [-0.4, -0.2) is 62.3 Å². The van der Waals surface area contributed by atoms with E-state index in [1.165, 1.54) is 0 Å². The average molecular weight is 237 g/mol. The molecule has 1 aromatic heterocycles. The quantitative estimate of drug-likeness (QED) is 0.815. The van der Waals surface area contributed by atoms with Crippen LogP contribution in [0.25, 0.3) is 0 Å². The largest absolute Gasteiger partial charge is 0.481 e. The maximum absolute atomic E-state index is 5.18. The molecule has 1 aliphatic rings. The van der Waals surface area contributed by atoms with E-state index in [0.29, 0.717) is 11.8 Å². The topological polar surface area (TPSA) is 53.5 Å². The van der Waals surface area contributed by atoms with Gasteiger partial charge < -0.3 is 19.9 Å². The highest BCUT2D eigenvalue weighted by Gasteiger charge is 2.17. The molecule has 0 aromatic carbocycles. The molecule has 1 fully saturated rings. The van der Waals surface area contributed by atoms with Gasteiger partial charge in [0.15, 0.2) is 0 Å². The standard InChI is InChI=1S/C11H19N5O/c1-12-11-13-9(8-10(14-11)17-3)16-6-4-15(2)5-7-16/h8H,4-7H2,1-3H3,(H,12,13,14). The number of piperazine rings is 1. The highest BCUT2D eigenvalue weighted by atomic mass is 16.5. The van der Waals surface area contributed by atoms with Crippen molar-refractivity contribution in [2.75, 3.05) is 57.6 Å². The number of hydrogen-bond acceptors (Lipinski definition) is 6. The van der Waals surface area contributed by atoms with Crippen LogP contribution in [0.5, 0.6) is 5.88 Å². The second-order valence-corrected chi connectivity index (χ2v) is 4.13. The molecule has 0 aliphatic carbocycles. The third kappa shape index (κ3) is 2.76. The van der Waals surface area contributed by atoms with Crippen LogP contribution in [0.2, 0.25) is 0 Å². The summed E-state index contributed by atoms with van der Waals surface area (Å²) in [5.74, 6) is 2.12. The predicted octanol–water partition coefficient (Wildman–Crippen LogP) is 0.279. The van der Waals surface area contributed by atoms with Crippen molar-refractivity contribution in [1.82, 2.24) is 14.9 Å². The van der Waals surface area contributed by atoms with Crippen molar-refractivity contribution in [2.45, 2.75) is 0 Å². The molecule has 17 heavy (non-hydrogen) atoms. The summed E-state index contributed by atoms with van der Waals surface area (Å²) in [6, 6.07) is 1.88. The molecule has 1 aromatic rings. The molecule has 6 heteroatoms. The third-order valence-corrected chi connectivity index (χ3v) is 2.95. The van der Waals surface area contributed by atoms with E-state index in [1.807, 2.05) is 13.1 Å². The molecular weight excluding hydrogens is 218 g/mol. The van der Waals surface area contributed by atoms with E-state index in [9.17, 15) is 0 Å². The van der Waals surface area contributed by atoms with Crippen LogP contribution in [0.4, 0.5) is 11.8 Å². The Morgan fingerprint density at radius 1 is 1.24 bits per heavy atom. The number of rotatable bonds is 3. The molecule has 94 valence electrons. The summed E-state index contributed by atoms with van der Waals surface area (Å²) in [7, 11) is 5.56. The summed E-state index contributed by atoms with van der Waals surface area (Å²) < 4.78 is 5.18. The molecule has 0 saturated carbocycles. The third-order valence-electron chi connectivity index (χ3n) is 2.95. The van der Waals surface area contributed by atoms with E-state index in [-0.39, 0.29) is 0 Å². The summed E-state index contributed by atoms with van der Waals surface area (Å²) in [5.41, 5.74) is 0. The van der Waals surface area contributed by atoms with Crippen LogP contribution in [-0.2, 0) is 0 Å². The summed E-state index contributed by atoms with van der Waals surface area (Å²) in [4.78, 5) is 13.2. The Balaban J connectivity index is 2.19. The molecule has 0 atom stereocenters. The Morgan fingerprint density at radius 2 is 1.94 bits per heavy atom. The van der Waals surface area contributed by atoms with Crippen molar-refractivity contribution in [3.8, 4) is 5.88 Å². The molecule has 1 aliphatic heterocycles. The van der Waals surface area contributed by atoms with Gasteiger partial charge in [0.05, 0.1) is 7.11 Å². The first kappa shape index (κ1) is 11.9. The summed E-state index contributed by atoms with van der Waals surface area (Å²) in [6.07, 6.45) is 0. The van der Waals surface area contributed by atoms with Gasteiger partial charge in [-0.25, -0.2) is 0 Å². The Labute approximate surface area is 102 Å². The molecular formula is C11H19N5O. The number of ether oxygens (including phenoxy) is 1. The lowest BCUT2D eigenvalue weighted by atomic mass is 10.3. The van der Waals surface area contributed by atoms with Crippen molar-refractivity contribution in [3.05, 3.63) is 6.07 Å². The van der Waals surface area contributed by atoms with Gasteiger partial charge in [0.1, 0.15) is 5.82 Å². The second kappa shape index (κ2) is 5.18. The lowest BCUT2D eigenvalue weighted by molar-refractivity contribution is 0.311. The van der Waals surface area contributed by atoms with Crippen molar-refractivity contribution in [3.63, 3.8) is 0 Å². The van der Waals surface area contributed by atoms with Crippen molar-refractivity contribution in [2.24, 2.45) is 0 Å². The Hall–Kier alpha value is -1.56. The molecule has 2 rings (SSSR count). The number of hydrogen-bond donors (Lipinski definition) is 1. The molecule has 1 N–H and O–H groups in total. The zero-order valence-electron chi connectivity index (χ0n) is 10.6. The summed E-state index contributed by atoms with van der Waals surface area (Å²) >= 11 is 0. The van der Waals surface area contributed by atoms with Crippen LogP contribution in [0.15, 0.2) is 6.07 Å². The predicted molar refractivity (Wildman–Crippen MR) is 67.8 cm³/mol.